The molecule has 1 saturated heterocycles. The maximum absolute atomic E-state index is 13.8. The van der Waals surface area contributed by atoms with E-state index >= 15 is 0 Å². The summed E-state index contributed by atoms with van der Waals surface area (Å²) in [6.07, 6.45) is 2.87. The van der Waals surface area contributed by atoms with E-state index in [1.165, 1.54) is 7.11 Å². The largest absolute Gasteiger partial charge is 0.493 e. The van der Waals surface area contributed by atoms with Crippen LogP contribution in [0.1, 0.15) is 39.9 Å². The normalized spacial score (nSPS) is 20.1. The molecule has 0 radical (unpaired) electrons. The van der Waals surface area contributed by atoms with Crippen LogP contribution in [-0.4, -0.2) is 88.5 Å². The Labute approximate surface area is 217 Å². The standard InChI is InChI=1S/C27H35N3O5S/c1-29-25(18-6-8-19(36-4)9-7-18)24(26(31)28-10-5-11-30-12-14-35-15-13-30)20-16-22(33-2)23(34-3)17-21(20)27(29)32/h6-9,16-17,24-25H,5,10-15H2,1-4H3,(H,28,31). The van der Waals surface area contributed by atoms with Crippen LogP contribution in [0.2, 0.25) is 0 Å². The molecular weight excluding hydrogens is 478 g/mol. The smallest absolute Gasteiger partial charge is 0.254 e. The number of likely N-dealkylation sites (N-methyl/N-ethyl adjacent to an activating group) is 1. The summed E-state index contributed by atoms with van der Waals surface area (Å²) in [5.74, 6) is 0.108. The molecule has 2 aromatic rings. The van der Waals surface area contributed by atoms with E-state index in [0.717, 1.165) is 49.7 Å². The molecule has 2 atom stereocenters. The average Bonchev–Trinajstić information content (AvgIpc) is 2.92. The molecule has 0 bridgehead atoms. The number of rotatable bonds is 9. The number of morpholine rings is 1. The van der Waals surface area contributed by atoms with Gasteiger partial charge in [-0.25, -0.2) is 0 Å². The topological polar surface area (TPSA) is 80.3 Å². The Hall–Kier alpha value is -2.75. The monoisotopic (exact) mass is 513 g/mol. The molecule has 0 spiro atoms. The Bertz CT molecular complexity index is 1070. The van der Waals surface area contributed by atoms with E-state index in [1.807, 2.05) is 30.5 Å². The highest BCUT2D eigenvalue weighted by Crippen LogP contribution is 2.45. The van der Waals surface area contributed by atoms with Crippen molar-refractivity contribution in [2.45, 2.75) is 23.3 Å². The van der Waals surface area contributed by atoms with Crippen LogP contribution in [-0.2, 0) is 9.53 Å². The minimum absolute atomic E-state index is 0.108. The molecular formula is C27H35N3O5S. The predicted molar refractivity (Wildman–Crippen MR) is 140 cm³/mol. The maximum atomic E-state index is 13.8. The van der Waals surface area contributed by atoms with Gasteiger partial charge >= 0.3 is 0 Å². The predicted octanol–water partition coefficient (Wildman–Crippen LogP) is 3.17. The van der Waals surface area contributed by atoms with Gasteiger partial charge in [0.15, 0.2) is 11.5 Å². The molecule has 4 rings (SSSR count). The maximum Gasteiger partial charge on any atom is 0.254 e. The minimum atomic E-state index is -0.592. The van der Waals surface area contributed by atoms with Crippen molar-refractivity contribution in [2.24, 2.45) is 0 Å². The fraction of sp³-hybridized carbons (Fsp3) is 0.481. The van der Waals surface area contributed by atoms with Crippen LogP contribution in [0.25, 0.3) is 0 Å². The number of nitrogens with zero attached hydrogens (tertiary/aromatic N) is 2. The van der Waals surface area contributed by atoms with Gasteiger partial charge in [0.25, 0.3) is 5.91 Å². The summed E-state index contributed by atoms with van der Waals surface area (Å²) in [4.78, 5) is 32.4. The number of fused-ring (bicyclic) bond motifs is 1. The fourth-order valence-corrected chi connectivity index (χ4v) is 5.41. The summed E-state index contributed by atoms with van der Waals surface area (Å²) in [5.41, 5.74) is 2.03. The van der Waals surface area contributed by atoms with Crippen LogP contribution in [0.5, 0.6) is 11.5 Å². The number of ether oxygens (including phenoxy) is 3. The summed E-state index contributed by atoms with van der Waals surface area (Å²) in [6.45, 7) is 4.83. The van der Waals surface area contributed by atoms with Crippen molar-refractivity contribution in [3.63, 3.8) is 0 Å². The molecule has 9 heteroatoms. The highest BCUT2D eigenvalue weighted by atomic mass is 32.2. The third-order valence-electron chi connectivity index (χ3n) is 6.97. The van der Waals surface area contributed by atoms with Crippen LogP contribution < -0.4 is 14.8 Å². The number of amides is 2. The molecule has 0 aliphatic carbocycles. The molecule has 36 heavy (non-hydrogen) atoms. The second-order valence-electron chi connectivity index (χ2n) is 9.00. The van der Waals surface area contributed by atoms with E-state index in [2.05, 4.69) is 10.2 Å². The third-order valence-corrected chi connectivity index (χ3v) is 7.71. The molecule has 0 saturated carbocycles. The van der Waals surface area contributed by atoms with Gasteiger partial charge in [-0.3, -0.25) is 14.5 Å². The second kappa shape index (κ2) is 12.0. The Morgan fingerprint density at radius 3 is 2.42 bits per heavy atom. The van der Waals surface area contributed by atoms with Gasteiger partial charge in [0.1, 0.15) is 0 Å². The first-order chi connectivity index (χ1) is 17.5. The fourth-order valence-electron chi connectivity index (χ4n) is 5.00. The number of methoxy groups -OCH3 is 2. The van der Waals surface area contributed by atoms with E-state index < -0.39 is 12.0 Å². The van der Waals surface area contributed by atoms with Crippen LogP contribution in [0.3, 0.4) is 0 Å². The Kier molecular flexibility index (Phi) is 8.77. The van der Waals surface area contributed by atoms with Gasteiger partial charge in [-0.05, 0) is 54.6 Å². The molecule has 2 amide bonds. The van der Waals surface area contributed by atoms with Gasteiger partial charge in [0, 0.05) is 37.1 Å². The van der Waals surface area contributed by atoms with E-state index in [9.17, 15) is 9.59 Å². The third kappa shape index (κ3) is 5.48. The average molecular weight is 514 g/mol. The lowest BCUT2D eigenvalue weighted by atomic mass is 9.79. The zero-order valence-corrected chi connectivity index (χ0v) is 22.2. The van der Waals surface area contributed by atoms with E-state index in [-0.39, 0.29) is 11.8 Å². The second-order valence-corrected chi connectivity index (χ2v) is 9.88. The molecule has 2 aliphatic rings. The summed E-state index contributed by atoms with van der Waals surface area (Å²) in [5, 5.41) is 3.15. The molecule has 8 nitrogen and oxygen atoms in total. The van der Waals surface area contributed by atoms with Crippen molar-refractivity contribution < 1.29 is 23.8 Å². The van der Waals surface area contributed by atoms with Gasteiger partial charge in [0.2, 0.25) is 5.91 Å². The number of carbonyl (C=O) groups excluding carboxylic acids is 2. The van der Waals surface area contributed by atoms with Crippen molar-refractivity contribution in [1.82, 2.24) is 15.1 Å². The summed E-state index contributed by atoms with van der Waals surface area (Å²) >= 11 is 1.65. The van der Waals surface area contributed by atoms with Crippen molar-refractivity contribution in [3.8, 4) is 11.5 Å². The summed E-state index contributed by atoms with van der Waals surface area (Å²) < 4.78 is 16.4. The number of thioether (sulfide) groups is 1. The van der Waals surface area contributed by atoms with Crippen LogP contribution >= 0.6 is 11.8 Å². The van der Waals surface area contributed by atoms with Gasteiger partial charge in [-0.1, -0.05) is 12.1 Å². The molecule has 1 fully saturated rings. The lowest BCUT2D eigenvalue weighted by Gasteiger charge is -2.40. The SMILES string of the molecule is COc1cc2c(cc1OC)C(C(=O)NCCCN1CCOCC1)C(c1ccc(SC)cc1)N(C)C2=O. The van der Waals surface area contributed by atoms with Gasteiger partial charge in [-0.15, -0.1) is 11.8 Å². The zero-order chi connectivity index (χ0) is 25.7. The Morgan fingerprint density at radius 2 is 1.78 bits per heavy atom. The van der Waals surface area contributed by atoms with Crippen molar-refractivity contribution >= 4 is 23.6 Å². The van der Waals surface area contributed by atoms with E-state index in [4.69, 9.17) is 14.2 Å². The van der Waals surface area contributed by atoms with Gasteiger partial charge < -0.3 is 24.4 Å². The van der Waals surface area contributed by atoms with Crippen LogP contribution in [0.15, 0.2) is 41.3 Å². The van der Waals surface area contributed by atoms with E-state index in [1.54, 1.807) is 43.0 Å². The minimum Gasteiger partial charge on any atom is -0.493 e. The highest BCUT2D eigenvalue weighted by Gasteiger charge is 2.43. The number of hydrogen-bond donors (Lipinski definition) is 1. The molecule has 194 valence electrons. The number of hydrogen-bond acceptors (Lipinski definition) is 7. The molecule has 1 N–H and O–H groups in total. The van der Waals surface area contributed by atoms with Crippen LogP contribution in [0, 0.1) is 0 Å². The lowest BCUT2D eigenvalue weighted by molar-refractivity contribution is -0.124. The van der Waals surface area contributed by atoms with Gasteiger partial charge in [-0.2, -0.15) is 0 Å². The molecule has 2 aromatic carbocycles. The lowest BCUT2D eigenvalue weighted by Crippen LogP contribution is -2.46. The van der Waals surface area contributed by atoms with Crippen molar-refractivity contribution in [3.05, 3.63) is 53.1 Å². The Balaban J connectivity index is 1.64. The molecule has 0 aromatic heterocycles. The van der Waals surface area contributed by atoms with Crippen LogP contribution in [0.4, 0.5) is 0 Å². The first kappa shape index (κ1) is 26.3. The number of carbonyl (C=O) groups is 2. The summed E-state index contributed by atoms with van der Waals surface area (Å²) in [6, 6.07) is 11.1. The van der Waals surface area contributed by atoms with Crippen molar-refractivity contribution in [2.75, 3.05) is 66.9 Å². The van der Waals surface area contributed by atoms with Crippen molar-refractivity contribution in [1.29, 1.82) is 0 Å². The van der Waals surface area contributed by atoms with E-state index in [0.29, 0.717) is 29.2 Å². The number of benzene rings is 2. The Morgan fingerprint density at radius 1 is 1.11 bits per heavy atom. The highest BCUT2D eigenvalue weighted by molar-refractivity contribution is 7.98. The number of nitrogens with one attached hydrogen (secondary N) is 1. The molecule has 2 unspecified atom stereocenters. The zero-order valence-electron chi connectivity index (χ0n) is 21.4. The molecule has 2 heterocycles. The first-order valence-electron chi connectivity index (χ1n) is 12.2. The molecule has 2 aliphatic heterocycles. The van der Waals surface area contributed by atoms with Gasteiger partial charge in [0.05, 0.1) is 39.4 Å². The summed E-state index contributed by atoms with van der Waals surface area (Å²) in [7, 11) is 4.85. The quantitative estimate of drug-likeness (QED) is 0.408. The first-order valence-corrected chi connectivity index (χ1v) is 13.5.